The molecule has 1 fully saturated rings. The first-order valence-electron chi connectivity index (χ1n) is 8.19. The molecule has 8 heteroatoms. The Labute approximate surface area is 165 Å². The second-order valence-corrected chi connectivity index (χ2v) is 6.77. The minimum absolute atomic E-state index is 0.229. The van der Waals surface area contributed by atoms with Gasteiger partial charge < -0.3 is 10.1 Å². The standard InChI is InChI=1S/C20H15N3O4S/c1-27-16-8-6-15(7-9-16)22-18(24)12-23-19(25)17(28-20(23)26)10-13-2-4-14(11-21)5-3-13/h2-10H,12H2,1H3,(H,22,24)/b17-10-. The molecule has 140 valence electrons. The lowest BCUT2D eigenvalue weighted by molar-refractivity contribution is -0.127. The number of benzene rings is 2. The van der Waals surface area contributed by atoms with Crippen LogP contribution in [0.1, 0.15) is 11.1 Å². The van der Waals surface area contributed by atoms with Crippen molar-refractivity contribution in [1.29, 1.82) is 5.26 Å². The van der Waals surface area contributed by atoms with Crippen LogP contribution in [0.3, 0.4) is 0 Å². The predicted molar refractivity (Wildman–Crippen MR) is 105 cm³/mol. The van der Waals surface area contributed by atoms with Crippen LogP contribution in [0.15, 0.2) is 53.4 Å². The number of nitrogens with one attached hydrogen (secondary N) is 1. The van der Waals surface area contributed by atoms with Crippen molar-refractivity contribution in [1.82, 2.24) is 4.90 Å². The lowest BCUT2D eigenvalue weighted by Gasteiger charge is -2.12. The number of amides is 3. The minimum atomic E-state index is -0.524. The van der Waals surface area contributed by atoms with Gasteiger partial charge in [-0.25, -0.2) is 0 Å². The highest BCUT2D eigenvalue weighted by Crippen LogP contribution is 2.32. The largest absolute Gasteiger partial charge is 0.497 e. The first-order chi connectivity index (χ1) is 13.5. The Bertz CT molecular complexity index is 992. The molecule has 1 saturated heterocycles. The number of methoxy groups -OCH3 is 1. The fourth-order valence-corrected chi connectivity index (χ4v) is 3.30. The molecule has 1 N–H and O–H groups in total. The van der Waals surface area contributed by atoms with Crippen molar-refractivity contribution < 1.29 is 19.1 Å². The molecule has 28 heavy (non-hydrogen) atoms. The fraction of sp³-hybridized carbons (Fsp3) is 0.100. The molecule has 1 aliphatic rings. The van der Waals surface area contributed by atoms with E-state index in [1.54, 1.807) is 61.7 Å². The number of hydrogen-bond donors (Lipinski definition) is 1. The zero-order valence-electron chi connectivity index (χ0n) is 14.8. The first kappa shape index (κ1) is 19.2. The number of ether oxygens (including phenoxy) is 1. The molecule has 0 saturated carbocycles. The summed E-state index contributed by atoms with van der Waals surface area (Å²) >= 11 is 0.777. The molecule has 7 nitrogen and oxygen atoms in total. The number of carbonyl (C=O) groups is 3. The van der Waals surface area contributed by atoms with Crippen molar-refractivity contribution in [2.75, 3.05) is 19.0 Å². The molecule has 1 aliphatic heterocycles. The van der Waals surface area contributed by atoms with E-state index in [-0.39, 0.29) is 11.4 Å². The van der Waals surface area contributed by atoms with E-state index < -0.39 is 17.1 Å². The van der Waals surface area contributed by atoms with Crippen LogP contribution in [0.25, 0.3) is 6.08 Å². The third-order valence-corrected chi connectivity index (χ3v) is 4.79. The highest BCUT2D eigenvalue weighted by atomic mass is 32.2. The van der Waals surface area contributed by atoms with E-state index in [1.807, 2.05) is 6.07 Å². The second kappa shape index (κ2) is 8.41. The van der Waals surface area contributed by atoms with Gasteiger partial charge in [0.2, 0.25) is 5.91 Å². The van der Waals surface area contributed by atoms with Gasteiger partial charge in [-0.05, 0) is 59.8 Å². The summed E-state index contributed by atoms with van der Waals surface area (Å²) in [6, 6.07) is 15.3. The van der Waals surface area contributed by atoms with Crippen LogP contribution in [0.5, 0.6) is 5.75 Å². The van der Waals surface area contributed by atoms with E-state index in [4.69, 9.17) is 10.00 Å². The van der Waals surface area contributed by atoms with Gasteiger partial charge in [-0.2, -0.15) is 5.26 Å². The Morgan fingerprint density at radius 3 is 2.46 bits per heavy atom. The SMILES string of the molecule is COc1ccc(NC(=O)CN2C(=O)S/C(=C\c3ccc(C#N)cc3)C2=O)cc1. The monoisotopic (exact) mass is 393 g/mol. The van der Waals surface area contributed by atoms with Gasteiger partial charge in [0.25, 0.3) is 11.1 Å². The van der Waals surface area contributed by atoms with Crippen molar-refractivity contribution >= 4 is 40.6 Å². The molecule has 0 aliphatic carbocycles. The predicted octanol–water partition coefficient (Wildman–Crippen LogP) is 3.24. The summed E-state index contributed by atoms with van der Waals surface area (Å²) in [5, 5.41) is 11.0. The highest BCUT2D eigenvalue weighted by Gasteiger charge is 2.36. The van der Waals surface area contributed by atoms with Crippen LogP contribution in [0.4, 0.5) is 10.5 Å². The maximum Gasteiger partial charge on any atom is 0.294 e. The van der Waals surface area contributed by atoms with Gasteiger partial charge in [0, 0.05) is 5.69 Å². The third kappa shape index (κ3) is 4.39. The van der Waals surface area contributed by atoms with Gasteiger partial charge in [0.1, 0.15) is 12.3 Å². The van der Waals surface area contributed by atoms with Gasteiger partial charge >= 0.3 is 0 Å². The highest BCUT2D eigenvalue weighted by molar-refractivity contribution is 8.18. The van der Waals surface area contributed by atoms with Crippen molar-refractivity contribution in [3.8, 4) is 11.8 Å². The van der Waals surface area contributed by atoms with Crippen LogP contribution in [0.2, 0.25) is 0 Å². The molecule has 0 radical (unpaired) electrons. The smallest absolute Gasteiger partial charge is 0.294 e. The Morgan fingerprint density at radius 2 is 1.86 bits per heavy atom. The number of carbonyl (C=O) groups excluding carboxylic acids is 3. The van der Waals surface area contributed by atoms with Crippen LogP contribution in [-0.4, -0.2) is 35.6 Å². The number of nitrogens with zero attached hydrogens (tertiary/aromatic N) is 2. The van der Waals surface area contributed by atoms with E-state index in [9.17, 15) is 14.4 Å². The molecule has 0 bridgehead atoms. The van der Waals surface area contributed by atoms with Crippen LogP contribution in [-0.2, 0) is 9.59 Å². The summed E-state index contributed by atoms with van der Waals surface area (Å²) < 4.78 is 5.05. The topological polar surface area (TPSA) is 99.5 Å². The second-order valence-electron chi connectivity index (χ2n) is 5.78. The summed E-state index contributed by atoms with van der Waals surface area (Å²) in [4.78, 5) is 38.0. The Hall–Kier alpha value is -3.57. The summed E-state index contributed by atoms with van der Waals surface area (Å²) in [5.41, 5.74) is 1.72. The van der Waals surface area contributed by atoms with Gasteiger partial charge in [0.05, 0.1) is 23.6 Å². The Balaban J connectivity index is 1.66. The van der Waals surface area contributed by atoms with Crippen molar-refractivity contribution in [3.05, 3.63) is 64.6 Å². The lowest BCUT2D eigenvalue weighted by Crippen LogP contribution is -2.36. The minimum Gasteiger partial charge on any atom is -0.497 e. The van der Waals surface area contributed by atoms with Crippen molar-refractivity contribution in [2.24, 2.45) is 0 Å². The Morgan fingerprint density at radius 1 is 1.18 bits per heavy atom. The van der Waals surface area contributed by atoms with Crippen LogP contribution in [0, 0.1) is 11.3 Å². The Kier molecular flexibility index (Phi) is 5.77. The molecular weight excluding hydrogens is 378 g/mol. The maximum atomic E-state index is 12.5. The average molecular weight is 393 g/mol. The van der Waals surface area contributed by atoms with Crippen molar-refractivity contribution in [3.63, 3.8) is 0 Å². The molecule has 1 heterocycles. The summed E-state index contributed by atoms with van der Waals surface area (Å²) in [5.74, 6) is -0.354. The first-order valence-corrected chi connectivity index (χ1v) is 9.01. The molecule has 3 rings (SSSR count). The molecule has 0 spiro atoms. The maximum absolute atomic E-state index is 12.5. The quantitative estimate of drug-likeness (QED) is 0.783. The third-order valence-electron chi connectivity index (χ3n) is 3.89. The fourth-order valence-electron chi connectivity index (χ4n) is 2.46. The van der Waals surface area contributed by atoms with E-state index in [0.717, 1.165) is 16.7 Å². The summed E-state index contributed by atoms with van der Waals surface area (Å²) in [7, 11) is 1.54. The van der Waals surface area contributed by atoms with Gasteiger partial charge in [0.15, 0.2) is 0 Å². The van der Waals surface area contributed by atoms with E-state index >= 15 is 0 Å². The van der Waals surface area contributed by atoms with Crippen LogP contribution < -0.4 is 10.1 Å². The number of thioether (sulfide) groups is 1. The number of anilines is 1. The molecule has 3 amide bonds. The van der Waals surface area contributed by atoms with Crippen molar-refractivity contribution in [2.45, 2.75) is 0 Å². The number of rotatable bonds is 5. The number of imide groups is 1. The number of hydrogen-bond acceptors (Lipinski definition) is 6. The molecule has 0 aromatic heterocycles. The van der Waals surface area contributed by atoms with Gasteiger partial charge in [-0.1, -0.05) is 12.1 Å². The molecular formula is C20H15N3O4S. The van der Waals surface area contributed by atoms with Gasteiger partial charge in [-0.3, -0.25) is 19.3 Å². The normalized spacial score (nSPS) is 14.9. The van der Waals surface area contributed by atoms with Gasteiger partial charge in [-0.15, -0.1) is 0 Å². The number of nitriles is 1. The van der Waals surface area contributed by atoms with E-state index in [2.05, 4.69) is 5.32 Å². The zero-order valence-corrected chi connectivity index (χ0v) is 15.7. The molecule has 0 unspecified atom stereocenters. The zero-order chi connectivity index (χ0) is 20.1. The molecule has 2 aromatic carbocycles. The summed E-state index contributed by atoms with van der Waals surface area (Å²) in [6.07, 6.45) is 1.56. The summed E-state index contributed by atoms with van der Waals surface area (Å²) in [6.45, 7) is -0.374. The van der Waals surface area contributed by atoms with Crippen LogP contribution >= 0.6 is 11.8 Å². The molecule has 0 atom stereocenters. The van der Waals surface area contributed by atoms with E-state index in [1.165, 1.54) is 0 Å². The average Bonchev–Trinajstić information content (AvgIpc) is 2.96. The molecule has 2 aromatic rings. The van der Waals surface area contributed by atoms with E-state index in [0.29, 0.717) is 22.6 Å². The lowest BCUT2D eigenvalue weighted by atomic mass is 10.1.